The number of urea groups is 1. The summed E-state index contributed by atoms with van der Waals surface area (Å²) in [5.74, 6) is 0.938. The average Bonchev–Trinajstić information content (AvgIpc) is 3.05. The molecule has 0 spiro atoms. The van der Waals surface area contributed by atoms with Crippen LogP contribution in [-0.4, -0.2) is 41.3 Å². The summed E-state index contributed by atoms with van der Waals surface area (Å²) in [6, 6.07) is 3.70. The zero-order valence-corrected chi connectivity index (χ0v) is 14.5. The van der Waals surface area contributed by atoms with E-state index in [-0.39, 0.29) is 18.2 Å². The highest BCUT2D eigenvalue weighted by Gasteiger charge is 2.22. The molecule has 7 nitrogen and oxygen atoms in total. The van der Waals surface area contributed by atoms with Gasteiger partial charge in [-0.25, -0.2) is 14.8 Å². The Hall–Kier alpha value is -2.19. The molecule has 0 bridgehead atoms. The fourth-order valence-corrected chi connectivity index (χ4v) is 3.21. The molecule has 1 fully saturated rings. The first-order chi connectivity index (χ1) is 11.6. The van der Waals surface area contributed by atoms with Gasteiger partial charge in [0.05, 0.1) is 12.2 Å². The van der Waals surface area contributed by atoms with E-state index in [1.165, 1.54) is 11.3 Å². The molecule has 0 saturated carbocycles. The maximum atomic E-state index is 11.8. The van der Waals surface area contributed by atoms with Crippen molar-refractivity contribution in [3.63, 3.8) is 0 Å². The van der Waals surface area contributed by atoms with E-state index in [2.05, 4.69) is 39.3 Å². The molecule has 0 aromatic carbocycles. The largest absolute Gasteiger partial charge is 0.372 e. The van der Waals surface area contributed by atoms with E-state index in [0.717, 1.165) is 24.5 Å². The number of carbonyl (C=O) groups is 1. The zero-order valence-electron chi connectivity index (χ0n) is 13.7. The first-order valence-corrected chi connectivity index (χ1v) is 8.78. The number of nitrogens with zero attached hydrogens (tertiary/aromatic N) is 3. The van der Waals surface area contributed by atoms with Gasteiger partial charge < -0.3 is 15.0 Å². The standard InChI is InChI=1S/C16H21N5O2S/c1-11-9-21(10-12(2)23-11)14-4-3-13(7-18-14)8-19-15(22)20-16-17-5-6-24-16/h3-7,11-12H,8-10H2,1-2H3,(H2,17,19,20,22)/t11-,12-/m1/s1. The Labute approximate surface area is 145 Å². The smallest absolute Gasteiger partial charge is 0.321 e. The Bertz CT molecular complexity index is 652. The Balaban J connectivity index is 1.52. The first kappa shape index (κ1) is 16.7. The van der Waals surface area contributed by atoms with Crippen LogP contribution in [-0.2, 0) is 11.3 Å². The van der Waals surface area contributed by atoms with Gasteiger partial charge in [-0.3, -0.25) is 5.32 Å². The van der Waals surface area contributed by atoms with Crippen LogP contribution < -0.4 is 15.5 Å². The van der Waals surface area contributed by atoms with Crippen molar-refractivity contribution in [2.75, 3.05) is 23.3 Å². The number of hydrogen-bond acceptors (Lipinski definition) is 6. The summed E-state index contributed by atoms with van der Waals surface area (Å²) in [5.41, 5.74) is 0.947. The van der Waals surface area contributed by atoms with E-state index in [4.69, 9.17) is 4.74 Å². The van der Waals surface area contributed by atoms with E-state index in [1.54, 1.807) is 12.4 Å². The van der Waals surface area contributed by atoms with Gasteiger partial charge in [0.2, 0.25) is 0 Å². The summed E-state index contributed by atoms with van der Waals surface area (Å²) in [6.07, 6.45) is 3.85. The van der Waals surface area contributed by atoms with Gasteiger partial charge in [0.25, 0.3) is 0 Å². The van der Waals surface area contributed by atoms with Crippen LogP contribution >= 0.6 is 11.3 Å². The second-order valence-corrected chi connectivity index (χ2v) is 6.73. The Morgan fingerprint density at radius 3 is 2.75 bits per heavy atom. The molecule has 24 heavy (non-hydrogen) atoms. The van der Waals surface area contributed by atoms with Gasteiger partial charge in [-0.05, 0) is 25.5 Å². The molecule has 3 heterocycles. The average molecular weight is 347 g/mol. The van der Waals surface area contributed by atoms with Crippen LogP contribution in [0.3, 0.4) is 0 Å². The number of amides is 2. The molecule has 0 unspecified atom stereocenters. The number of morpholine rings is 1. The molecule has 1 aliphatic rings. The van der Waals surface area contributed by atoms with Crippen molar-refractivity contribution >= 4 is 28.3 Å². The molecule has 2 N–H and O–H groups in total. The van der Waals surface area contributed by atoms with Gasteiger partial charge in [-0.2, -0.15) is 0 Å². The summed E-state index contributed by atoms with van der Waals surface area (Å²) in [7, 11) is 0. The van der Waals surface area contributed by atoms with Crippen molar-refractivity contribution < 1.29 is 9.53 Å². The lowest BCUT2D eigenvalue weighted by Crippen LogP contribution is -2.45. The van der Waals surface area contributed by atoms with Gasteiger partial charge >= 0.3 is 6.03 Å². The molecule has 2 aromatic rings. The number of nitrogens with one attached hydrogen (secondary N) is 2. The van der Waals surface area contributed by atoms with Crippen LogP contribution in [0, 0.1) is 0 Å². The number of anilines is 2. The normalized spacial score (nSPS) is 20.7. The third-order valence-corrected chi connectivity index (χ3v) is 4.35. The van der Waals surface area contributed by atoms with E-state index in [0.29, 0.717) is 11.7 Å². The van der Waals surface area contributed by atoms with Gasteiger partial charge in [0.1, 0.15) is 5.82 Å². The zero-order chi connectivity index (χ0) is 16.9. The van der Waals surface area contributed by atoms with Crippen molar-refractivity contribution in [1.82, 2.24) is 15.3 Å². The van der Waals surface area contributed by atoms with E-state index >= 15 is 0 Å². The summed E-state index contributed by atoms with van der Waals surface area (Å²) >= 11 is 1.38. The number of ether oxygens (including phenoxy) is 1. The second kappa shape index (κ2) is 7.59. The van der Waals surface area contributed by atoms with Crippen molar-refractivity contribution in [2.24, 2.45) is 0 Å². The maximum Gasteiger partial charge on any atom is 0.321 e. The number of aromatic nitrogens is 2. The lowest BCUT2D eigenvalue weighted by molar-refractivity contribution is -0.00546. The van der Waals surface area contributed by atoms with Crippen LogP contribution in [0.4, 0.5) is 15.7 Å². The van der Waals surface area contributed by atoms with Crippen molar-refractivity contribution in [3.8, 4) is 0 Å². The van der Waals surface area contributed by atoms with Gasteiger partial charge in [-0.1, -0.05) is 6.07 Å². The summed E-state index contributed by atoms with van der Waals surface area (Å²) in [5, 5.41) is 7.86. The van der Waals surface area contributed by atoms with Crippen molar-refractivity contribution in [1.29, 1.82) is 0 Å². The molecular weight excluding hydrogens is 326 g/mol. The van der Waals surface area contributed by atoms with Gasteiger partial charge in [-0.15, -0.1) is 11.3 Å². The summed E-state index contributed by atoms with van der Waals surface area (Å²) in [6.45, 7) is 6.24. The van der Waals surface area contributed by atoms with Crippen LogP contribution in [0.25, 0.3) is 0 Å². The Kier molecular flexibility index (Phi) is 5.27. The topological polar surface area (TPSA) is 79.4 Å². The van der Waals surface area contributed by atoms with Crippen molar-refractivity contribution in [2.45, 2.75) is 32.6 Å². The van der Waals surface area contributed by atoms with Crippen LogP contribution in [0.15, 0.2) is 29.9 Å². The fraction of sp³-hybridized carbons (Fsp3) is 0.438. The Morgan fingerprint density at radius 2 is 2.12 bits per heavy atom. The Morgan fingerprint density at radius 1 is 1.33 bits per heavy atom. The molecule has 0 aliphatic carbocycles. The molecule has 8 heteroatoms. The van der Waals surface area contributed by atoms with E-state index < -0.39 is 0 Å². The minimum Gasteiger partial charge on any atom is -0.372 e. The quantitative estimate of drug-likeness (QED) is 0.888. The minimum atomic E-state index is -0.273. The lowest BCUT2D eigenvalue weighted by Gasteiger charge is -2.36. The number of hydrogen-bond donors (Lipinski definition) is 2. The van der Waals surface area contributed by atoms with Gasteiger partial charge in [0.15, 0.2) is 5.13 Å². The van der Waals surface area contributed by atoms with E-state index in [1.807, 2.05) is 17.5 Å². The highest BCUT2D eigenvalue weighted by atomic mass is 32.1. The third kappa shape index (κ3) is 4.42. The molecule has 1 saturated heterocycles. The molecule has 1 aliphatic heterocycles. The van der Waals surface area contributed by atoms with Crippen LogP contribution in [0.2, 0.25) is 0 Å². The molecule has 3 rings (SSSR count). The van der Waals surface area contributed by atoms with Crippen LogP contribution in [0.5, 0.6) is 0 Å². The molecule has 0 radical (unpaired) electrons. The van der Waals surface area contributed by atoms with E-state index in [9.17, 15) is 4.79 Å². The number of carbonyl (C=O) groups excluding carboxylic acids is 1. The van der Waals surface area contributed by atoms with Crippen molar-refractivity contribution in [3.05, 3.63) is 35.5 Å². The summed E-state index contributed by atoms with van der Waals surface area (Å²) in [4.78, 5) is 22.5. The number of thiazole rings is 1. The monoisotopic (exact) mass is 347 g/mol. The molecule has 2 amide bonds. The molecule has 2 atom stereocenters. The van der Waals surface area contributed by atoms with Crippen LogP contribution in [0.1, 0.15) is 19.4 Å². The maximum absolute atomic E-state index is 11.8. The predicted molar refractivity (Wildman–Crippen MR) is 94.4 cm³/mol. The first-order valence-electron chi connectivity index (χ1n) is 7.90. The predicted octanol–water partition coefficient (Wildman–Crippen LogP) is 2.47. The lowest BCUT2D eigenvalue weighted by atomic mass is 10.2. The number of rotatable bonds is 4. The molecule has 2 aromatic heterocycles. The van der Waals surface area contributed by atoms with Gasteiger partial charge in [0, 0.05) is 37.4 Å². The fourth-order valence-electron chi connectivity index (χ4n) is 2.68. The second-order valence-electron chi connectivity index (χ2n) is 5.83. The highest BCUT2D eigenvalue weighted by molar-refractivity contribution is 7.13. The number of pyridine rings is 1. The highest BCUT2D eigenvalue weighted by Crippen LogP contribution is 2.18. The summed E-state index contributed by atoms with van der Waals surface area (Å²) < 4.78 is 5.74. The third-order valence-electron chi connectivity index (χ3n) is 3.66. The molecular formula is C16H21N5O2S. The minimum absolute atomic E-state index is 0.200. The SMILES string of the molecule is C[C@@H]1CN(c2ccc(CNC(=O)Nc3nccs3)cn2)C[C@@H](C)O1. The molecule has 128 valence electrons.